The highest BCUT2D eigenvalue weighted by Gasteiger charge is 2.03. The summed E-state index contributed by atoms with van der Waals surface area (Å²) >= 11 is 3.40. The van der Waals surface area contributed by atoms with Crippen LogP contribution in [0.15, 0.2) is 41.0 Å². The lowest BCUT2D eigenvalue weighted by atomic mass is 10.0. The Bertz CT molecular complexity index is 549. The zero-order valence-electron chi connectivity index (χ0n) is 11.7. The van der Waals surface area contributed by atoms with E-state index in [4.69, 9.17) is 0 Å². The third kappa shape index (κ3) is 3.80. The number of halogens is 1. The molecule has 0 amide bonds. The molecule has 0 unspecified atom stereocenters. The Morgan fingerprint density at radius 3 is 2.53 bits per heavy atom. The molecule has 100 valence electrons. The maximum absolute atomic E-state index is 4.40. The zero-order chi connectivity index (χ0) is 13.8. The predicted molar refractivity (Wildman–Crippen MR) is 84.8 cm³/mol. The first-order valence-corrected chi connectivity index (χ1v) is 7.24. The van der Waals surface area contributed by atoms with Crippen molar-refractivity contribution in [2.45, 2.75) is 20.3 Å². The molecule has 2 aromatic rings. The van der Waals surface area contributed by atoms with Gasteiger partial charge in [-0.1, -0.05) is 18.2 Å². The molecule has 0 saturated carbocycles. The Kier molecular flexibility index (Phi) is 4.59. The normalized spacial score (nSPS) is 10.5. The molecule has 1 heterocycles. The number of aryl methyl sites for hydroxylation is 2. The minimum absolute atomic E-state index is 0.969. The Morgan fingerprint density at radius 1 is 1.11 bits per heavy atom. The van der Waals surface area contributed by atoms with Gasteiger partial charge in [0, 0.05) is 24.3 Å². The van der Waals surface area contributed by atoms with Gasteiger partial charge in [-0.15, -0.1) is 0 Å². The minimum atomic E-state index is 0.969. The second-order valence-electron chi connectivity index (χ2n) is 4.92. The summed E-state index contributed by atoms with van der Waals surface area (Å²) < 4.78 is 1.01. The number of hydrogen-bond acceptors (Lipinski definition) is 2. The molecule has 3 heteroatoms. The van der Waals surface area contributed by atoms with Gasteiger partial charge in [-0.3, -0.25) is 0 Å². The van der Waals surface area contributed by atoms with Gasteiger partial charge in [0.25, 0.3) is 0 Å². The van der Waals surface area contributed by atoms with Crippen LogP contribution in [0.25, 0.3) is 0 Å². The number of rotatable bonds is 4. The molecule has 2 rings (SSSR count). The smallest absolute Gasteiger partial charge is 0.128 e. The van der Waals surface area contributed by atoms with E-state index in [1.807, 2.05) is 18.3 Å². The van der Waals surface area contributed by atoms with E-state index in [1.54, 1.807) is 0 Å². The molecule has 0 spiro atoms. The van der Waals surface area contributed by atoms with Crippen molar-refractivity contribution in [3.63, 3.8) is 0 Å². The van der Waals surface area contributed by atoms with Gasteiger partial charge in [0.1, 0.15) is 5.82 Å². The first kappa shape index (κ1) is 14.1. The first-order chi connectivity index (χ1) is 9.06. The van der Waals surface area contributed by atoms with Crippen LogP contribution in [-0.4, -0.2) is 18.6 Å². The van der Waals surface area contributed by atoms with Crippen molar-refractivity contribution in [3.05, 3.63) is 57.7 Å². The van der Waals surface area contributed by atoms with Gasteiger partial charge in [0.2, 0.25) is 0 Å². The molecule has 0 aliphatic rings. The van der Waals surface area contributed by atoms with Gasteiger partial charge in [-0.05, 0) is 65.0 Å². The van der Waals surface area contributed by atoms with E-state index < -0.39 is 0 Å². The summed E-state index contributed by atoms with van der Waals surface area (Å²) in [5, 5.41) is 0. The largest absolute Gasteiger partial charge is 0.359 e. The standard InChI is InChI=1S/C16H19BrN2/c1-12-4-5-14(10-13(12)2)8-9-19(3)16-7-6-15(17)11-18-16/h4-7,10-11H,8-9H2,1-3H3. The SMILES string of the molecule is Cc1ccc(CCN(C)c2ccc(Br)cn2)cc1C. The van der Waals surface area contributed by atoms with Crippen LogP contribution < -0.4 is 4.90 Å². The van der Waals surface area contributed by atoms with Crippen molar-refractivity contribution in [3.8, 4) is 0 Å². The average molecular weight is 319 g/mol. The molecule has 0 fully saturated rings. The van der Waals surface area contributed by atoms with Crippen LogP contribution in [0, 0.1) is 13.8 Å². The van der Waals surface area contributed by atoms with Crippen LogP contribution in [0.4, 0.5) is 5.82 Å². The van der Waals surface area contributed by atoms with Gasteiger partial charge in [-0.25, -0.2) is 4.98 Å². The van der Waals surface area contributed by atoms with E-state index in [-0.39, 0.29) is 0 Å². The number of nitrogens with zero attached hydrogens (tertiary/aromatic N) is 2. The van der Waals surface area contributed by atoms with E-state index >= 15 is 0 Å². The lowest BCUT2D eigenvalue weighted by Gasteiger charge is -2.18. The van der Waals surface area contributed by atoms with Crippen molar-refractivity contribution in [2.24, 2.45) is 0 Å². The summed E-state index contributed by atoms with van der Waals surface area (Å²) in [4.78, 5) is 6.58. The van der Waals surface area contributed by atoms with Crippen LogP contribution in [0.5, 0.6) is 0 Å². The third-order valence-corrected chi connectivity index (χ3v) is 3.88. The Labute approximate surface area is 123 Å². The fraction of sp³-hybridized carbons (Fsp3) is 0.312. The van der Waals surface area contributed by atoms with Gasteiger partial charge in [-0.2, -0.15) is 0 Å². The molecule has 19 heavy (non-hydrogen) atoms. The predicted octanol–water partition coefficient (Wildman–Crippen LogP) is 4.14. The second kappa shape index (κ2) is 6.20. The maximum atomic E-state index is 4.40. The molecule has 0 aliphatic carbocycles. The highest BCUT2D eigenvalue weighted by molar-refractivity contribution is 9.10. The highest BCUT2D eigenvalue weighted by atomic mass is 79.9. The number of pyridine rings is 1. The lowest BCUT2D eigenvalue weighted by Crippen LogP contribution is -2.21. The molecule has 2 nitrogen and oxygen atoms in total. The highest BCUT2D eigenvalue weighted by Crippen LogP contribution is 2.15. The molecule has 0 bridgehead atoms. The first-order valence-electron chi connectivity index (χ1n) is 6.45. The van der Waals surface area contributed by atoms with Crippen LogP contribution in [0.2, 0.25) is 0 Å². The lowest BCUT2D eigenvalue weighted by molar-refractivity contribution is 0.858. The van der Waals surface area contributed by atoms with E-state index in [0.29, 0.717) is 0 Å². The summed E-state index contributed by atoms with van der Waals surface area (Å²) in [6.07, 6.45) is 2.87. The van der Waals surface area contributed by atoms with Gasteiger partial charge in [0.05, 0.1) is 0 Å². The fourth-order valence-corrected chi connectivity index (χ4v) is 2.20. The van der Waals surface area contributed by atoms with Crippen molar-refractivity contribution < 1.29 is 0 Å². The van der Waals surface area contributed by atoms with Crippen LogP contribution in [0.1, 0.15) is 16.7 Å². The zero-order valence-corrected chi connectivity index (χ0v) is 13.2. The van der Waals surface area contributed by atoms with Crippen molar-refractivity contribution in [1.29, 1.82) is 0 Å². The van der Waals surface area contributed by atoms with E-state index in [1.165, 1.54) is 16.7 Å². The summed E-state index contributed by atoms with van der Waals surface area (Å²) in [5.74, 6) is 1.01. The number of benzene rings is 1. The number of anilines is 1. The molecule has 1 aromatic heterocycles. The van der Waals surface area contributed by atoms with Gasteiger partial charge < -0.3 is 4.90 Å². The van der Waals surface area contributed by atoms with E-state index in [9.17, 15) is 0 Å². The number of likely N-dealkylation sites (N-methyl/N-ethyl adjacent to an activating group) is 1. The topological polar surface area (TPSA) is 16.1 Å². The number of hydrogen-bond donors (Lipinski definition) is 0. The van der Waals surface area contributed by atoms with Crippen molar-refractivity contribution >= 4 is 21.7 Å². The van der Waals surface area contributed by atoms with Crippen LogP contribution in [-0.2, 0) is 6.42 Å². The van der Waals surface area contributed by atoms with Crippen LogP contribution in [0.3, 0.4) is 0 Å². The van der Waals surface area contributed by atoms with Gasteiger partial charge >= 0.3 is 0 Å². The second-order valence-corrected chi connectivity index (χ2v) is 5.84. The average Bonchev–Trinajstić information content (AvgIpc) is 2.40. The van der Waals surface area contributed by atoms with Crippen LogP contribution >= 0.6 is 15.9 Å². The molecule has 0 N–H and O–H groups in total. The minimum Gasteiger partial charge on any atom is -0.359 e. The summed E-state index contributed by atoms with van der Waals surface area (Å²) in [7, 11) is 2.08. The molecule has 1 aromatic carbocycles. The molecule has 0 atom stereocenters. The van der Waals surface area contributed by atoms with E-state index in [2.05, 4.69) is 64.9 Å². The molecule has 0 saturated heterocycles. The Balaban J connectivity index is 1.98. The molecule has 0 aliphatic heterocycles. The van der Waals surface area contributed by atoms with Crippen molar-refractivity contribution in [1.82, 2.24) is 4.98 Å². The monoisotopic (exact) mass is 318 g/mol. The van der Waals surface area contributed by atoms with E-state index in [0.717, 1.165) is 23.3 Å². The Morgan fingerprint density at radius 2 is 1.89 bits per heavy atom. The summed E-state index contributed by atoms with van der Waals surface area (Å²) in [6, 6.07) is 10.7. The third-order valence-electron chi connectivity index (χ3n) is 3.41. The molecular weight excluding hydrogens is 300 g/mol. The van der Waals surface area contributed by atoms with Gasteiger partial charge in [0.15, 0.2) is 0 Å². The molecule has 0 radical (unpaired) electrons. The number of aromatic nitrogens is 1. The molecular formula is C16H19BrN2. The van der Waals surface area contributed by atoms with Crippen molar-refractivity contribution in [2.75, 3.05) is 18.5 Å². The Hall–Kier alpha value is -1.35. The maximum Gasteiger partial charge on any atom is 0.128 e. The summed E-state index contributed by atoms with van der Waals surface area (Å²) in [6.45, 7) is 5.28. The fourth-order valence-electron chi connectivity index (χ4n) is 1.96. The summed E-state index contributed by atoms with van der Waals surface area (Å²) in [5.41, 5.74) is 4.10. The quantitative estimate of drug-likeness (QED) is 0.842.